The lowest BCUT2D eigenvalue weighted by molar-refractivity contribution is 0.102. The first kappa shape index (κ1) is 17.2. The van der Waals surface area contributed by atoms with Gasteiger partial charge in [0.2, 0.25) is 0 Å². The number of benzene rings is 2. The number of carbonyl (C=O) groups excluding carboxylic acids is 1. The summed E-state index contributed by atoms with van der Waals surface area (Å²) in [6.07, 6.45) is 2.96. The van der Waals surface area contributed by atoms with Crippen molar-refractivity contribution < 1.29 is 4.79 Å². The molecule has 0 bridgehead atoms. The second-order valence-corrected chi connectivity index (χ2v) is 6.08. The van der Waals surface area contributed by atoms with Gasteiger partial charge < -0.3 is 10.2 Å². The molecule has 0 fully saturated rings. The molecular weight excluding hydrogens is 359 g/mol. The first-order valence-electron chi connectivity index (χ1n) is 7.42. The van der Waals surface area contributed by atoms with Crippen LogP contribution in [0.3, 0.4) is 0 Å². The summed E-state index contributed by atoms with van der Waals surface area (Å²) in [5, 5.41) is 3.55. The molecule has 3 rings (SSSR count). The zero-order chi connectivity index (χ0) is 17.8. The molecule has 2 aromatic carbocycles. The van der Waals surface area contributed by atoms with Gasteiger partial charge in [-0.3, -0.25) is 4.79 Å². The molecule has 1 N–H and O–H groups in total. The Kier molecular flexibility index (Phi) is 5.16. The Hall–Kier alpha value is -2.63. The molecule has 0 atom stereocenters. The van der Waals surface area contributed by atoms with Gasteiger partial charge in [0, 0.05) is 17.8 Å². The van der Waals surface area contributed by atoms with Crippen molar-refractivity contribution >= 4 is 46.3 Å². The number of nitrogens with zero attached hydrogens (tertiary/aromatic N) is 3. The molecule has 126 valence electrons. The molecule has 1 heterocycles. The van der Waals surface area contributed by atoms with Crippen LogP contribution in [-0.2, 0) is 0 Å². The number of rotatable bonds is 4. The quantitative estimate of drug-likeness (QED) is 0.714. The summed E-state index contributed by atoms with van der Waals surface area (Å²) in [6, 6.07) is 14.6. The van der Waals surface area contributed by atoms with Gasteiger partial charge in [-0.1, -0.05) is 41.4 Å². The van der Waals surface area contributed by atoms with Crippen LogP contribution < -0.4 is 10.2 Å². The van der Waals surface area contributed by atoms with Gasteiger partial charge in [0.05, 0.1) is 23.1 Å². The average Bonchev–Trinajstić information content (AvgIpc) is 2.65. The van der Waals surface area contributed by atoms with Crippen LogP contribution in [-0.4, -0.2) is 22.9 Å². The van der Waals surface area contributed by atoms with Crippen LogP contribution in [0.15, 0.2) is 60.9 Å². The third-order valence-electron chi connectivity index (χ3n) is 3.53. The minimum Gasteiger partial charge on any atom is -0.328 e. The number of amides is 1. The van der Waals surface area contributed by atoms with Gasteiger partial charge in [-0.15, -0.1) is 0 Å². The molecule has 0 unspecified atom stereocenters. The molecule has 3 aromatic rings. The van der Waals surface area contributed by atoms with Crippen LogP contribution in [0.25, 0.3) is 0 Å². The number of hydrogen-bond donors (Lipinski definition) is 1. The standard InChI is InChI=1S/C18H14Cl2N4O/c1-24(13-5-3-2-4-6-13)17-11-21-16(10-22-17)18(25)23-15-9-12(19)7-8-14(15)20/h2-11H,1H3,(H,23,25). The predicted octanol–water partition coefficient (Wildman–Crippen LogP) is 4.80. The Morgan fingerprint density at radius 3 is 2.48 bits per heavy atom. The van der Waals surface area contributed by atoms with Crippen molar-refractivity contribution in [2.45, 2.75) is 0 Å². The van der Waals surface area contributed by atoms with E-state index in [2.05, 4.69) is 15.3 Å². The van der Waals surface area contributed by atoms with Gasteiger partial charge in [0.25, 0.3) is 5.91 Å². The normalized spacial score (nSPS) is 10.4. The van der Waals surface area contributed by atoms with E-state index < -0.39 is 5.91 Å². The van der Waals surface area contributed by atoms with Crippen LogP contribution in [0.5, 0.6) is 0 Å². The molecule has 1 amide bonds. The van der Waals surface area contributed by atoms with E-state index in [4.69, 9.17) is 23.2 Å². The maximum Gasteiger partial charge on any atom is 0.275 e. The van der Waals surface area contributed by atoms with Crippen LogP contribution in [0.4, 0.5) is 17.2 Å². The number of hydrogen-bond acceptors (Lipinski definition) is 4. The molecular formula is C18H14Cl2N4O. The van der Waals surface area contributed by atoms with Gasteiger partial charge in [0.1, 0.15) is 5.69 Å². The van der Waals surface area contributed by atoms with E-state index in [1.165, 1.54) is 6.20 Å². The van der Waals surface area contributed by atoms with E-state index in [-0.39, 0.29) is 5.69 Å². The third-order valence-corrected chi connectivity index (χ3v) is 4.10. The predicted molar refractivity (Wildman–Crippen MR) is 101 cm³/mol. The average molecular weight is 373 g/mol. The summed E-state index contributed by atoms with van der Waals surface area (Å²) in [5.41, 5.74) is 1.58. The fraction of sp³-hybridized carbons (Fsp3) is 0.0556. The SMILES string of the molecule is CN(c1ccccc1)c1cnc(C(=O)Nc2cc(Cl)ccc2Cl)cn1. The smallest absolute Gasteiger partial charge is 0.275 e. The van der Waals surface area contributed by atoms with E-state index in [1.807, 2.05) is 42.3 Å². The molecule has 7 heteroatoms. The van der Waals surface area contributed by atoms with Gasteiger partial charge >= 0.3 is 0 Å². The number of para-hydroxylation sites is 1. The van der Waals surface area contributed by atoms with E-state index in [9.17, 15) is 4.79 Å². The summed E-state index contributed by atoms with van der Waals surface area (Å²) < 4.78 is 0. The second-order valence-electron chi connectivity index (χ2n) is 5.23. The molecule has 0 saturated heterocycles. The topological polar surface area (TPSA) is 58.1 Å². The zero-order valence-electron chi connectivity index (χ0n) is 13.3. The van der Waals surface area contributed by atoms with Crippen molar-refractivity contribution in [2.75, 3.05) is 17.3 Å². The van der Waals surface area contributed by atoms with Crippen LogP contribution >= 0.6 is 23.2 Å². The van der Waals surface area contributed by atoms with Gasteiger partial charge in [0.15, 0.2) is 5.82 Å². The van der Waals surface area contributed by atoms with Crippen molar-refractivity contribution in [3.05, 3.63) is 76.7 Å². The Bertz CT molecular complexity index is 885. The fourth-order valence-electron chi connectivity index (χ4n) is 2.18. The number of anilines is 3. The van der Waals surface area contributed by atoms with Crippen molar-refractivity contribution in [2.24, 2.45) is 0 Å². The largest absolute Gasteiger partial charge is 0.328 e. The monoisotopic (exact) mass is 372 g/mol. The number of halogens is 2. The highest BCUT2D eigenvalue weighted by Gasteiger charge is 2.12. The zero-order valence-corrected chi connectivity index (χ0v) is 14.8. The minimum atomic E-state index is -0.411. The molecule has 0 saturated carbocycles. The lowest BCUT2D eigenvalue weighted by Crippen LogP contribution is -2.16. The summed E-state index contributed by atoms with van der Waals surface area (Å²) >= 11 is 12.0. The van der Waals surface area contributed by atoms with Crippen LogP contribution in [0.2, 0.25) is 10.0 Å². The lowest BCUT2D eigenvalue weighted by atomic mass is 10.3. The van der Waals surface area contributed by atoms with Crippen LogP contribution in [0, 0.1) is 0 Å². The lowest BCUT2D eigenvalue weighted by Gasteiger charge is -2.17. The summed E-state index contributed by atoms with van der Waals surface area (Å²) in [5.74, 6) is 0.217. The molecule has 0 aliphatic heterocycles. The van der Waals surface area contributed by atoms with Gasteiger partial charge in [-0.25, -0.2) is 9.97 Å². The van der Waals surface area contributed by atoms with Crippen molar-refractivity contribution in [3.8, 4) is 0 Å². The third kappa shape index (κ3) is 4.07. The van der Waals surface area contributed by atoms with Gasteiger partial charge in [-0.05, 0) is 30.3 Å². The Morgan fingerprint density at radius 2 is 1.80 bits per heavy atom. The molecule has 0 aliphatic carbocycles. The maximum atomic E-state index is 12.3. The Labute approximate surface area is 155 Å². The highest BCUT2D eigenvalue weighted by Crippen LogP contribution is 2.26. The first-order chi connectivity index (χ1) is 12.0. The minimum absolute atomic E-state index is 0.182. The highest BCUT2D eigenvalue weighted by atomic mass is 35.5. The summed E-state index contributed by atoms with van der Waals surface area (Å²) in [6.45, 7) is 0. The fourth-order valence-corrected chi connectivity index (χ4v) is 2.51. The van der Waals surface area contributed by atoms with Crippen molar-refractivity contribution in [3.63, 3.8) is 0 Å². The number of nitrogens with one attached hydrogen (secondary N) is 1. The Balaban J connectivity index is 1.76. The molecule has 5 nitrogen and oxygen atoms in total. The second kappa shape index (κ2) is 7.51. The molecule has 25 heavy (non-hydrogen) atoms. The number of carbonyl (C=O) groups is 1. The maximum absolute atomic E-state index is 12.3. The van der Waals surface area contributed by atoms with Crippen molar-refractivity contribution in [1.82, 2.24) is 9.97 Å². The van der Waals surface area contributed by atoms with Gasteiger partial charge in [-0.2, -0.15) is 0 Å². The number of aromatic nitrogens is 2. The van der Waals surface area contributed by atoms with E-state index >= 15 is 0 Å². The first-order valence-corrected chi connectivity index (χ1v) is 8.17. The molecule has 0 radical (unpaired) electrons. The van der Waals surface area contributed by atoms with E-state index in [1.54, 1.807) is 24.4 Å². The molecule has 0 aliphatic rings. The van der Waals surface area contributed by atoms with E-state index in [0.717, 1.165) is 5.69 Å². The summed E-state index contributed by atoms with van der Waals surface area (Å²) in [7, 11) is 1.88. The molecule has 1 aromatic heterocycles. The highest BCUT2D eigenvalue weighted by molar-refractivity contribution is 6.35. The Morgan fingerprint density at radius 1 is 1.04 bits per heavy atom. The van der Waals surface area contributed by atoms with Crippen LogP contribution in [0.1, 0.15) is 10.5 Å². The molecule has 0 spiro atoms. The summed E-state index contributed by atoms with van der Waals surface area (Å²) in [4.78, 5) is 22.7. The van der Waals surface area contributed by atoms with E-state index in [0.29, 0.717) is 21.6 Å². The van der Waals surface area contributed by atoms with Crippen molar-refractivity contribution in [1.29, 1.82) is 0 Å².